The van der Waals surface area contributed by atoms with Crippen molar-refractivity contribution in [2.75, 3.05) is 10.8 Å². The van der Waals surface area contributed by atoms with Gasteiger partial charge in [0.15, 0.2) is 0 Å². The maximum Gasteiger partial charge on any atom is 0.341 e. The molecule has 24 heavy (non-hydrogen) atoms. The SMILES string of the molecule is CCN(c1ccccc1)S(=O)(=O)c1ccc(S(=O)(=O)C(F)F)cc1. The molecule has 0 heterocycles. The number of nitrogens with zero attached hydrogens (tertiary/aromatic N) is 1. The summed E-state index contributed by atoms with van der Waals surface area (Å²) in [7, 11) is -8.69. The second-order valence-corrected chi connectivity index (χ2v) is 8.56. The van der Waals surface area contributed by atoms with Crippen molar-refractivity contribution in [2.24, 2.45) is 0 Å². The van der Waals surface area contributed by atoms with Gasteiger partial charge in [-0.15, -0.1) is 0 Å². The fourth-order valence-electron chi connectivity index (χ4n) is 2.12. The molecule has 0 saturated heterocycles. The molecule has 0 fully saturated rings. The highest BCUT2D eigenvalue weighted by Crippen LogP contribution is 2.25. The van der Waals surface area contributed by atoms with E-state index in [0.717, 1.165) is 28.6 Å². The smallest absolute Gasteiger partial charge is 0.267 e. The number of alkyl halides is 2. The number of hydrogen-bond acceptors (Lipinski definition) is 4. The Morgan fingerprint density at radius 3 is 1.83 bits per heavy atom. The van der Waals surface area contributed by atoms with Crippen LogP contribution in [0.1, 0.15) is 6.92 Å². The van der Waals surface area contributed by atoms with E-state index in [-0.39, 0.29) is 11.4 Å². The Balaban J connectivity index is 2.43. The van der Waals surface area contributed by atoms with Gasteiger partial charge in [0.2, 0.25) is 9.84 Å². The van der Waals surface area contributed by atoms with E-state index in [1.54, 1.807) is 37.3 Å². The average Bonchev–Trinajstić information content (AvgIpc) is 2.56. The Hall–Kier alpha value is -2.00. The first-order valence-corrected chi connectivity index (χ1v) is 9.90. The molecule has 0 aliphatic rings. The fourth-order valence-corrected chi connectivity index (χ4v) is 4.31. The van der Waals surface area contributed by atoms with Gasteiger partial charge in [-0.3, -0.25) is 4.31 Å². The van der Waals surface area contributed by atoms with Crippen molar-refractivity contribution in [1.29, 1.82) is 0 Å². The number of sulfone groups is 1. The van der Waals surface area contributed by atoms with E-state index in [2.05, 4.69) is 0 Å². The molecule has 5 nitrogen and oxygen atoms in total. The predicted molar refractivity (Wildman–Crippen MR) is 86.3 cm³/mol. The number of sulfonamides is 1. The van der Waals surface area contributed by atoms with Crippen molar-refractivity contribution in [3.63, 3.8) is 0 Å². The van der Waals surface area contributed by atoms with Crippen LogP contribution < -0.4 is 4.31 Å². The van der Waals surface area contributed by atoms with Crippen LogP contribution in [-0.2, 0) is 19.9 Å². The lowest BCUT2D eigenvalue weighted by molar-refractivity contribution is 0.234. The van der Waals surface area contributed by atoms with Crippen LogP contribution in [0.15, 0.2) is 64.4 Å². The van der Waals surface area contributed by atoms with Gasteiger partial charge in [0.25, 0.3) is 10.0 Å². The van der Waals surface area contributed by atoms with E-state index in [1.807, 2.05) is 0 Å². The Bertz CT molecular complexity index is 896. The van der Waals surface area contributed by atoms with Crippen LogP contribution >= 0.6 is 0 Å². The summed E-state index contributed by atoms with van der Waals surface area (Å²) in [6, 6.07) is 12.1. The van der Waals surface area contributed by atoms with Gasteiger partial charge in [-0.2, -0.15) is 8.78 Å². The second-order valence-electron chi connectivity index (χ2n) is 4.78. The lowest BCUT2D eigenvalue weighted by atomic mass is 10.3. The Kier molecular flexibility index (Phi) is 5.24. The topological polar surface area (TPSA) is 71.5 Å². The molecule has 0 atom stereocenters. The number of para-hydroxylation sites is 1. The zero-order chi connectivity index (χ0) is 18.0. The minimum Gasteiger partial charge on any atom is -0.267 e. The third-order valence-corrected chi connectivity index (χ3v) is 6.62. The zero-order valence-corrected chi connectivity index (χ0v) is 14.3. The van der Waals surface area contributed by atoms with E-state index >= 15 is 0 Å². The van der Waals surface area contributed by atoms with Crippen molar-refractivity contribution >= 4 is 25.5 Å². The minimum atomic E-state index is -4.76. The van der Waals surface area contributed by atoms with Crippen LogP contribution in [0.25, 0.3) is 0 Å². The highest BCUT2D eigenvalue weighted by molar-refractivity contribution is 7.93. The van der Waals surface area contributed by atoms with E-state index in [1.165, 1.54) is 0 Å². The van der Waals surface area contributed by atoms with E-state index in [9.17, 15) is 25.6 Å². The van der Waals surface area contributed by atoms with Crippen molar-refractivity contribution in [3.05, 3.63) is 54.6 Å². The van der Waals surface area contributed by atoms with Crippen molar-refractivity contribution in [3.8, 4) is 0 Å². The summed E-state index contributed by atoms with van der Waals surface area (Å²) >= 11 is 0. The second kappa shape index (κ2) is 6.86. The number of benzene rings is 2. The normalized spacial score (nSPS) is 12.3. The van der Waals surface area contributed by atoms with E-state index in [0.29, 0.717) is 5.69 Å². The molecule has 0 bridgehead atoms. The quantitative estimate of drug-likeness (QED) is 0.778. The molecular formula is C15H15F2NO4S2. The summed E-state index contributed by atoms with van der Waals surface area (Å²) in [6.45, 7) is 1.81. The first kappa shape index (κ1) is 18.3. The molecule has 0 spiro atoms. The van der Waals surface area contributed by atoms with Crippen LogP contribution in [0.4, 0.5) is 14.5 Å². The third-order valence-electron chi connectivity index (χ3n) is 3.31. The van der Waals surface area contributed by atoms with Gasteiger partial charge in [0, 0.05) is 6.54 Å². The molecule has 130 valence electrons. The maximum absolute atomic E-state index is 12.7. The molecule has 0 aromatic heterocycles. The highest BCUT2D eigenvalue weighted by Gasteiger charge is 2.28. The first-order valence-electron chi connectivity index (χ1n) is 6.91. The van der Waals surface area contributed by atoms with Gasteiger partial charge in [0.05, 0.1) is 15.5 Å². The fraction of sp³-hybridized carbons (Fsp3) is 0.200. The zero-order valence-electron chi connectivity index (χ0n) is 12.6. The first-order chi connectivity index (χ1) is 11.2. The van der Waals surface area contributed by atoms with Gasteiger partial charge in [-0.1, -0.05) is 18.2 Å². The van der Waals surface area contributed by atoms with Crippen molar-refractivity contribution in [2.45, 2.75) is 22.5 Å². The minimum absolute atomic E-state index is 0.156. The highest BCUT2D eigenvalue weighted by atomic mass is 32.2. The molecule has 2 aromatic rings. The lowest BCUT2D eigenvalue weighted by Crippen LogP contribution is -2.30. The maximum atomic E-state index is 12.7. The largest absolute Gasteiger partial charge is 0.341 e. The Labute approximate surface area is 139 Å². The summed E-state index contributed by atoms with van der Waals surface area (Å²) in [6.07, 6.45) is 0. The van der Waals surface area contributed by atoms with E-state index < -0.39 is 30.5 Å². The lowest BCUT2D eigenvalue weighted by Gasteiger charge is -2.23. The molecule has 0 aliphatic carbocycles. The van der Waals surface area contributed by atoms with Crippen LogP contribution in [0.5, 0.6) is 0 Å². The Morgan fingerprint density at radius 2 is 1.38 bits per heavy atom. The van der Waals surface area contributed by atoms with Gasteiger partial charge in [0.1, 0.15) is 0 Å². The third kappa shape index (κ3) is 3.41. The number of hydrogen-bond donors (Lipinski definition) is 0. The molecule has 2 aromatic carbocycles. The van der Waals surface area contributed by atoms with Crippen LogP contribution in [0, 0.1) is 0 Å². The predicted octanol–water partition coefficient (Wildman–Crippen LogP) is 2.90. The molecule has 0 aliphatic heterocycles. The standard InChI is InChI=1S/C15H15F2NO4S2/c1-2-18(12-6-4-3-5-7-12)24(21,22)14-10-8-13(9-11-14)23(19,20)15(16)17/h3-11,15H,2H2,1H3. The summed E-state index contributed by atoms with van der Waals surface area (Å²) < 4.78 is 74.4. The Morgan fingerprint density at radius 1 is 0.875 bits per heavy atom. The molecule has 0 amide bonds. The van der Waals surface area contributed by atoms with Gasteiger partial charge >= 0.3 is 5.76 Å². The number of anilines is 1. The summed E-state index contributed by atoms with van der Waals surface area (Å²) in [4.78, 5) is -0.805. The van der Waals surface area contributed by atoms with Crippen molar-refractivity contribution < 1.29 is 25.6 Å². The summed E-state index contributed by atoms with van der Waals surface area (Å²) in [5.74, 6) is -3.56. The number of halogens is 2. The van der Waals surface area contributed by atoms with Crippen LogP contribution in [0.2, 0.25) is 0 Å². The average molecular weight is 375 g/mol. The van der Waals surface area contributed by atoms with Crippen LogP contribution in [0.3, 0.4) is 0 Å². The monoisotopic (exact) mass is 375 g/mol. The molecule has 2 rings (SSSR count). The summed E-state index contributed by atoms with van der Waals surface area (Å²) in [5, 5.41) is 0. The molecule has 0 saturated carbocycles. The van der Waals surface area contributed by atoms with E-state index in [4.69, 9.17) is 0 Å². The van der Waals surface area contributed by atoms with Gasteiger partial charge in [-0.25, -0.2) is 16.8 Å². The number of rotatable bonds is 6. The molecule has 0 unspecified atom stereocenters. The van der Waals surface area contributed by atoms with Gasteiger partial charge < -0.3 is 0 Å². The molecule has 9 heteroatoms. The molecule has 0 radical (unpaired) electrons. The van der Waals surface area contributed by atoms with Crippen molar-refractivity contribution in [1.82, 2.24) is 0 Å². The summed E-state index contributed by atoms with van der Waals surface area (Å²) in [5.41, 5.74) is 0.448. The molecule has 0 N–H and O–H groups in total. The molecular weight excluding hydrogens is 360 g/mol. The van der Waals surface area contributed by atoms with Gasteiger partial charge in [-0.05, 0) is 43.3 Å². The van der Waals surface area contributed by atoms with Crippen LogP contribution in [-0.4, -0.2) is 29.1 Å².